The second kappa shape index (κ2) is 7.89. The van der Waals surface area contributed by atoms with E-state index in [1.54, 1.807) is 38.1 Å². The van der Waals surface area contributed by atoms with E-state index >= 15 is 0 Å². The van der Waals surface area contributed by atoms with Crippen LogP contribution < -0.4 is 0 Å². The summed E-state index contributed by atoms with van der Waals surface area (Å²) < 4.78 is 4.78. The van der Waals surface area contributed by atoms with Gasteiger partial charge in [0.25, 0.3) is 5.91 Å². The number of aldehydes is 1. The highest BCUT2D eigenvalue weighted by Crippen LogP contribution is 2.09. The van der Waals surface area contributed by atoms with Crippen LogP contribution >= 0.6 is 0 Å². The van der Waals surface area contributed by atoms with Gasteiger partial charge in [-0.15, -0.1) is 0 Å². The molecule has 0 aliphatic rings. The first-order valence-corrected chi connectivity index (χ1v) is 6.34. The Labute approximate surface area is 117 Å². The highest BCUT2D eigenvalue weighted by molar-refractivity contribution is 6.17. The number of carbonyl (C=O) groups excluding carboxylic acids is 3. The molecule has 0 saturated carbocycles. The van der Waals surface area contributed by atoms with E-state index in [1.807, 2.05) is 6.07 Å². The standard InChI is InChI=1S/C15H17NO4/c1-3-16(15(19)20-4-2)14(18)13(11-17)10-12-8-6-5-7-9-12/h5-11H,3-4H2,1-2H3. The zero-order valence-electron chi connectivity index (χ0n) is 11.5. The van der Waals surface area contributed by atoms with E-state index < -0.39 is 12.0 Å². The molecule has 1 aromatic rings. The van der Waals surface area contributed by atoms with E-state index in [0.29, 0.717) is 11.8 Å². The van der Waals surface area contributed by atoms with Gasteiger partial charge in [-0.05, 0) is 25.5 Å². The van der Waals surface area contributed by atoms with E-state index in [4.69, 9.17) is 4.74 Å². The number of amides is 2. The molecule has 0 aromatic heterocycles. The highest BCUT2D eigenvalue weighted by atomic mass is 16.6. The van der Waals surface area contributed by atoms with Gasteiger partial charge in [-0.25, -0.2) is 9.69 Å². The first kappa shape index (κ1) is 15.6. The van der Waals surface area contributed by atoms with Crippen LogP contribution in [0.5, 0.6) is 0 Å². The Kier molecular flexibility index (Phi) is 6.16. The third-order valence-corrected chi connectivity index (χ3v) is 2.55. The molecule has 0 aliphatic heterocycles. The van der Waals surface area contributed by atoms with Crippen molar-refractivity contribution in [3.8, 4) is 0 Å². The lowest BCUT2D eigenvalue weighted by molar-refractivity contribution is -0.126. The van der Waals surface area contributed by atoms with Crippen LogP contribution in [0.15, 0.2) is 35.9 Å². The van der Waals surface area contributed by atoms with Gasteiger partial charge in [-0.2, -0.15) is 0 Å². The molecule has 0 heterocycles. The molecule has 0 atom stereocenters. The summed E-state index contributed by atoms with van der Waals surface area (Å²) >= 11 is 0. The summed E-state index contributed by atoms with van der Waals surface area (Å²) in [5.74, 6) is -0.662. The van der Waals surface area contributed by atoms with Gasteiger partial charge in [0, 0.05) is 6.54 Å². The topological polar surface area (TPSA) is 63.7 Å². The van der Waals surface area contributed by atoms with E-state index in [2.05, 4.69) is 0 Å². The van der Waals surface area contributed by atoms with Crippen LogP contribution in [0.4, 0.5) is 4.79 Å². The van der Waals surface area contributed by atoms with Crippen molar-refractivity contribution >= 4 is 24.4 Å². The average Bonchev–Trinajstić information content (AvgIpc) is 2.46. The Morgan fingerprint density at radius 3 is 2.35 bits per heavy atom. The fraction of sp³-hybridized carbons (Fsp3) is 0.267. The monoisotopic (exact) mass is 275 g/mol. The Balaban J connectivity index is 2.99. The number of benzene rings is 1. The summed E-state index contributed by atoms with van der Waals surface area (Å²) in [5.41, 5.74) is 0.619. The van der Waals surface area contributed by atoms with Gasteiger partial charge in [0.05, 0.1) is 12.2 Å². The van der Waals surface area contributed by atoms with Crippen molar-refractivity contribution in [3.05, 3.63) is 41.5 Å². The fourth-order valence-corrected chi connectivity index (χ4v) is 1.59. The summed E-state index contributed by atoms with van der Waals surface area (Å²) in [7, 11) is 0. The van der Waals surface area contributed by atoms with Gasteiger partial charge in [0.2, 0.25) is 0 Å². The molecule has 0 radical (unpaired) electrons. The first-order chi connectivity index (χ1) is 9.63. The largest absolute Gasteiger partial charge is 0.449 e. The van der Waals surface area contributed by atoms with Crippen LogP contribution in [0.3, 0.4) is 0 Å². The predicted octanol–water partition coefficient (Wildman–Crippen LogP) is 2.27. The fourth-order valence-electron chi connectivity index (χ4n) is 1.59. The smallest absolute Gasteiger partial charge is 0.416 e. The molecule has 0 spiro atoms. The van der Waals surface area contributed by atoms with E-state index in [0.717, 1.165) is 4.90 Å². The summed E-state index contributed by atoms with van der Waals surface area (Å²) in [6.45, 7) is 3.59. The minimum absolute atomic E-state index is 0.0916. The van der Waals surface area contributed by atoms with Gasteiger partial charge < -0.3 is 4.74 Å². The minimum atomic E-state index is -0.749. The van der Waals surface area contributed by atoms with Crippen LogP contribution in [0.1, 0.15) is 19.4 Å². The normalized spacial score (nSPS) is 10.8. The number of rotatable bonds is 5. The van der Waals surface area contributed by atoms with E-state index in [1.165, 1.54) is 6.08 Å². The summed E-state index contributed by atoms with van der Waals surface area (Å²) in [6.07, 6.45) is 1.13. The predicted molar refractivity (Wildman–Crippen MR) is 74.9 cm³/mol. The Morgan fingerprint density at radius 2 is 1.85 bits per heavy atom. The Hall–Kier alpha value is -2.43. The summed E-state index contributed by atoms with van der Waals surface area (Å²) in [4.78, 5) is 35.8. The molecule has 0 N–H and O–H groups in total. The number of hydrogen-bond donors (Lipinski definition) is 0. The molecule has 2 amide bonds. The maximum Gasteiger partial charge on any atom is 0.416 e. The van der Waals surface area contributed by atoms with Crippen molar-refractivity contribution < 1.29 is 19.1 Å². The zero-order valence-corrected chi connectivity index (χ0v) is 11.5. The van der Waals surface area contributed by atoms with Crippen molar-refractivity contribution in [2.24, 2.45) is 0 Å². The third kappa shape index (κ3) is 4.05. The molecule has 0 bridgehead atoms. The number of likely N-dealkylation sites (N-methyl/N-ethyl adjacent to an activating group) is 1. The molecule has 106 valence electrons. The molecule has 1 aromatic carbocycles. The van der Waals surface area contributed by atoms with Crippen LogP contribution in [-0.2, 0) is 14.3 Å². The quantitative estimate of drug-likeness (QED) is 0.358. The van der Waals surface area contributed by atoms with Crippen molar-refractivity contribution in [2.45, 2.75) is 13.8 Å². The van der Waals surface area contributed by atoms with Crippen LogP contribution in [0.25, 0.3) is 6.08 Å². The molecule has 5 heteroatoms. The molecule has 0 fully saturated rings. The lowest BCUT2D eigenvalue weighted by atomic mass is 10.1. The lowest BCUT2D eigenvalue weighted by Gasteiger charge is -2.17. The molecular weight excluding hydrogens is 258 g/mol. The SMILES string of the molecule is CCOC(=O)N(CC)C(=O)C(C=O)=Cc1ccccc1. The number of ether oxygens (including phenoxy) is 1. The Morgan fingerprint density at radius 1 is 1.20 bits per heavy atom. The van der Waals surface area contributed by atoms with Crippen molar-refractivity contribution in [1.29, 1.82) is 0 Å². The second-order valence-electron chi connectivity index (χ2n) is 3.88. The van der Waals surface area contributed by atoms with E-state index in [9.17, 15) is 14.4 Å². The van der Waals surface area contributed by atoms with Crippen molar-refractivity contribution in [1.82, 2.24) is 4.90 Å². The summed E-state index contributed by atoms with van der Waals surface area (Å²) in [6, 6.07) is 8.94. The van der Waals surface area contributed by atoms with Crippen LogP contribution in [-0.4, -0.2) is 36.3 Å². The Bertz CT molecular complexity index is 508. The molecule has 20 heavy (non-hydrogen) atoms. The van der Waals surface area contributed by atoms with Gasteiger partial charge in [-0.3, -0.25) is 9.59 Å². The molecule has 5 nitrogen and oxygen atoms in total. The maximum absolute atomic E-state index is 12.2. The first-order valence-electron chi connectivity index (χ1n) is 6.34. The molecule has 0 unspecified atom stereocenters. The summed E-state index contributed by atoms with van der Waals surface area (Å²) in [5, 5.41) is 0. The number of hydrogen-bond acceptors (Lipinski definition) is 4. The van der Waals surface area contributed by atoms with Crippen molar-refractivity contribution in [2.75, 3.05) is 13.2 Å². The minimum Gasteiger partial charge on any atom is -0.449 e. The second-order valence-corrected chi connectivity index (χ2v) is 3.88. The molecule has 1 rings (SSSR count). The van der Waals surface area contributed by atoms with E-state index in [-0.39, 0.29) is 18.7 Å². The zero-order chi connectivity index (χ0) is 15.0. The number of nitrogens with zero attached hydrogens (tertiary/aromatic N) is 1. The lowest BCUT2D eigenvalue weighted by Crippen LogP contribution is -2.38. The molecule has 0 aliphatic carbocycles. The highest BCUT2D eigenvalue weighted by Gasteiger charge is 2.23. The van der Waals surface area contributed by atoms with Gasteiger partial charge in [0.15, 0.2) is 6.29 Å². The molecule has 0 saturated heterocycles. The van der Waals surface area contributed by atoms with Gasteiger partial charge in [0.1, 0.15) is 0 Å². The number of carbonyl (C=O) groups is 3. The van der Waals surface area contributed by atoms with Crippen molar-refractivity contribution in [3.63, 3.8) is 0 Å². The van der Waals surface area contributed by atoms with Crippen LogP contribution in [0, 0.1) is 0 Å². The van der Waals surface area contributed by atoms with Gasteiger partial charge >= 0.3 is 6.09 Å². The maximum atomic E-state index is 12.2. The third-order valence-electron chi connectivity index (χ3n) is 2.55. The van der Waals surface area contributed by atoms with Crippen LogP contribution in [0.2, 0.25) is 0 Å². The average molecular weight is 275 g/mol. The number of imide groups is 1. The molecular formula is C15H17NO4. The van der Waals surface area contributed by atoms with Gasteiger partial charge in [-0.1, -0.05) is 30.3 Å².